The van der Waals surface area contributed by atoms with Crippen molar-refractivity contribution in [3.63, 3.8) is 0 Å². The van der Waals surface area contributed by atoms with E-state index in [9.17, 15) is 4.70 Å². The zero-order valence-corrected chi connectivity index (χ0v) is 4.37. The second kappa shape index (κ2) is 2.41. The first-order valence-corrected chi connectivity index (χ1v) is 2.44. The van der Waals surface area contributed by atoms with Crippen LogP contribution in [-0.2, 0) is 4.70 Å². The quantitative estimate of drug-likeness (QED) is 0.470. The molecule has 1 rings (SSSR count). The van der Waals surface area contributed by atoms with E-state index in [-0.39, 0.29) is 0 Å². The van der Waals surface area contributed by atoms with Gasteiger partial charge in [-0.2, -0.15) is 0 Å². The summed E-state index contributed by atoms with van der Waals surface area (Å²) in [5.41, 5.74) is 0.729. The van der Waals surface area contributed by atoms with Crippen molar-refractivity contribution in [3.8, 4) is 0 Å². The molecule has 0 bridgehead atoms. The molecule has 2 heteroatoms. The standard InChI is InChI=1S/C6H5BO/c8-7-6-4-2-1-3-5-6/h1-5H. The molecule has 0 aliphatic rings. The normalized spacial score (nSPS) is 8.00. The van der Waals surface area contributed by atoms with Gasteiger partial charge in [0.05, 0.1) is 0 Å². The van der Waals surface area contributed by atoms with Gasteiger partial charge in [-0.3, -0.25) is 0 Å². The molecule has 1 nitrogen and oxygen atoms in total. The molecule has 0 aliphatic carbocycles. The second-order valence-corrected chi connectivity index (χ2v) is 1.53. The van der Waals surface area contributed by atoms with Crippen molar-refractivity contribution < 1.29 is 4.70 Å². The Labute approximate surface area is 48.6 Å². The Kier molecular flexibility index (Phi) is 1.57. The monoisotopic (exact) mass is 104 g/mol. The minimum absolute atomic E-state index is 0.729. The summed E-state index contributed by atoms with van der Waals surface area (Å²) < 4.78 is 10.0. The van der Waals surface area contributed by atoms with E-state index < -0.39 is 0 Å². The summed E-state index contributed by atoms with van der Waals surface area (Å²) in [6.07, 6.45) is 0. The first-order chi connectivity index (χ1) is 3.93. The zero-order valence-electron chi connectivity index (χ0n) is 4.37. The van der Waals surface area contributed by atoms with Crippen molar-refractivity contribution in [2.24, 2.45) is 0 Å². The van der Waals surface area contributed by atoms with E-state index >= 15 is 0 Å². The van der Waals surface area contributed by atoms with E-state index in [0.29, 0.717) is 0 Å². The molecule has 0 fully saturated rings. The third kappa shape index (κ3) is 1.03. The predicted octanol–water partition coefficient (Wildman–Crippen LogP) is 0.362. The van der Waals surface area contributed by atoms with E-state index in [1.807, 2.05) is 18.2 Å². The predicted molar refractivity (Wildman–Crippen MR) is 32.5 cm³/mol. The third-order valence-electron chi connectivity index (χ3n) is 0.936. The van der Waals surface area contributed by atoms with Crippen LogP contribution in [0.2, 0.25) is 0 Å². The fourth-order valence-corrected chi connectivity index (χ4v) is 0.532. The van der Waals surface area contributed by atoms with Gasteiger partial charge >= 0.3 is 47.6 Å². The first kappa shape index (κ1) is 5.23. The summed E-state index contributed by atoms with van der Waals surface area (Å²) in [5, 5.41) is 0. The van der Waals surface area contributed by atoms with Crippen LogP contribution in [0.3, 0.4) is 0 Å². The molecule has 0 radical (unpaired) electrons. The van der Waals surface area contributed by atoms with Crippen molar-refractivity contribution in [1.29, 1.82) is 0 Å². The summed E-state index contributed by atoms with van der Waals surface area (Å²) in [6, 6.07) is 9.10. The Morgan fingerprint density at radius 1 is 1.12 bits per heavy atom. The Bertz CT molecular complexity index is 171. The molecule has 38 valence electrons. The third-order valence-corrected chi connectivity index (χ3v) is 0.936. The van der Waals surface area contributed by atoms with E-state index in [0.717, 1.165) is 12.6 Å². The van der Waals surface area contributed by atoms with E-state index in [1.54, 1.807) is 12.1 Å². The molecule has 1 aromatic carbocycles. The van der Waals surface area contributed by atoms with Gasteiger partial charge in [-0.15, -0.1) is 0 Å². The molecule has 0 aromatic heterocycles. The van der Waals surface area contributed by atoms with Gasteiger partial charge in [0.2, 0.25) is 0 Å². The fourth-order valence-electron chi connectivity index (χ4n) is 0.532. The SMILES string of the molecule is O=Bc1ccccc1. The van der Waals surface area contributed by atoms with Crippen LogP contribution in [0.1, 0.15) is 0 Å². The second-order valence-electron chi connectivity index (χ2n) is 1.53. The van der Waals surface area contributed by atoms with Crippen molar-refractivity contribution in [1.82, 2.24) is 0 Å². The molecule has 8 heavy (non-hydrogen) atoms. The van der Waals surface area contributed by atoms with Crippen molar-refractivity contribution in [3.05, 3.63) is 30.3 Å². The maximum atomic E-state index is 10.0. The molecule has 0 saturated carbocycles. The molecule has 0 amide bonds. The van der Waals surface area contributed by atoms with E-state index in [2.05, 4.69) is 0 Å². The zero-order chi connectivity index (χ0) is 5.82. The van der Waals surface area contributed by atoms with Crippen LogP contribution in [0.25, 0.3) is 0 Å². The van der Waals surface area contributed by atoms with Crippen LogP contribution >= 0.6 is 0 Å². The van der Waals surface area contributed by atoms with Gasteiger partial charge in [0, 0.05) is 0 Å². The van der Waals surface area contributed by atoms with Gasteiger partial charge in [-0.1, -0.05) is 0 Å². The average molecular weight is 104 g/mol. The molecule has 0 heterocycles. The Morgan fingerprint density at radius 2 is 1.75 bits per heavy atom. The summed E-state index contributed by atoms with van der Waals surface area (Å²) in [5.74, 6) is 0. The molecule has 0 spiro atoms. The van der Waals surface area contributed by atoms with Crippen LogP contribution in [0.15, 0.2) is 30.3 Å². The summed E-state index contributed by atoms with van der Waals surface area (Å²) in [4.78, 5) is 0. The summed E-state index contributed by atoms with van der Waals surface area (Å²) in [6.45, 7) is 0. The molecule has 1 aromatic rings. The minimum atomic E-state index is 0.729. The van der Waals surface area contributed by atoms with Gasteiger partial charge in [-0.05, 0) is 0 Å². The Hall–Kier alpha value is -0.915. The number of benzene rings is 1. The molecule has 0 N–H and O–H groups in total. The first-order valence-electron chi connectivity index (χ1n) is 2.44. The van der Waals surface area contributed by atoms with Gasteiger partial charge in [-0.25, -0.2) is 0 Å². The Balaban J connectivity index is 2.99. The van der Waals surface area contributed by atoms with Crippen molar-refractivity contribution in [2.75, 3.05) is 0 Å². The summed E-state index contributed by atoms with van der Waals surface area (Å²) in [7, 11) is 0.833. The molecular formula is C6H5BO. The van der Waals surface area contributed by atoms with Crippen molar-refractivity contribution >= 4 is 12.6 Å². The van der Waals surface area contributed by atoms with Crippen LogP contribution in [0.5, 0.6) is 0 Å². The van der Waals surface area contributed by atoms with Crippen molar-refractivity contribution in [2.45, 2.75) is 0 Å². The van der Waals surface area contributed by atoms with Crippen LogP contribution < -0.4 is 5.46 Å². The van der Waals surface area contributed by atoms with Gasteiger partial charge in [0.15, 0.2) is 0 Å². The van der Waals surface area contributed by atoms with Gasteiger partial charge < -0.3 is 0 Å². The van der Waals surface area contributed by atoms with E-state index in [4.69, 9.17) is 0 Å². The molecule has 0 aliphatic heterocycles. The van der Waals surface area contributed by atoms with Crippen LogP contribution in [0.4, 0.5) is 0 Å². The number of rotatable bonds is 1. The maximum absolute atomic E-state index is 10.0. The molecule has 0 atom stereocenters. The van der Waals surface area contributed by atoms with Gasteiger partial charge in [0.1, 0.15) is 0 Å². The van der Waals surface area contributed by atoms with Crippen LogP contribution in [-0.4, -0.2) is 7.15 Å². The summed E-state index contributed by atoms with van der Waals surface area (Å²) >= 11 is 0. The number of hydrogen-bond donors (Lipinski definition) is 0. The molecule has 0 unspecified atom stereocenters. The van der Waals surface area contributed by atoms with Crippen LogP contribution in [0, 0.1) is 0 Å². The number of hydrogen-bond acceptors (Lipinski definition) is 1. The van der Waals surface area contributed by atoms with Gasteiger partial charge in [0.25, 0.3) is 0 Å². The topological polar surface area (TPSA) is 17.1 Å². The molecular weight excluding hydrogens is 98.9 g/mol. The fraction of sp³-hybridized carbons (Fsp3) is 0. The molecule has 0 saturated heterocycles. The van der Waals surface area contributed by atoms with E-state index in [1.165, 1.54) is 0 Å². The Morgan fingerprint density at radius 3 is 2.12 bits per heavy atom. The average Bonchev–Trinajstić information content (AvgIpc) is 1.90.